The van der Waals surface area contributed by atoms with Gasteiger partial charge in [-0.15, -0.1) is 0 Å². The number of nitrogens with zero attached hydrogens (tertiary/aromatic N) is 2. The average molecular weight is 343 g/mol. The van der Waals surface area contributed by atoms with E-state index in [1.165, 1.54) is 12.1 Å². The van der Waals surface area contributed by atoms with Crippen LogP contribution in [0.1, 0.15) is 37.6 Å². The van der Waals surface area contributed by atoms with Gasteiger partial charge in [0.05, 0.1) is 6.04 Å². The lowest BCUT2D eigenvalue weighted by atomic mass is 9.99. The first-order chi connectivity index (χ1) is 12.0. The number of hydrogen-bond acceptors (Lipinski definition) is 2. The van der Waals surface area contributed by atoms with Crippen LogP contribution in [0.2, 0.25) is 0 Å². The van der Waals surface area contributed by atoms with Crippen molar-refractivity contribution in [2.45, 2.75) is 38.9 Å². The fourth-order valence-corrected chi connectivity index (χ4v) is 3.26. The molecule has 0 fully saturated rings. The summed E-state index contributed by atoms with van der Waals surface area (Å²) in [7, 11) is 0. The van der Waals surface area contributed by atoms with E-state index in [1.807, 2.05) is 32.2 Å². The molecule has 1 aliphatic heterocycles. The number of aromatic nitrogens is 1. The Bertz CT molecular complexity index is 767. The predicted octanol–water partition coefficient (Wildman–Crippen LogP) is 2.47. The summed E-state index contributed by atoms with van der Waals surface area (Å²) in [6, 6.07) is 9.74. The van der Waals surface area contributed by atoms with Crippen molar-refractivity contribution in [2.75, 3.05) is 6.54 Å². The van der Waals surface area contributed by atoms with Gasteiger partial charge in [-0.2, -0.15) is 0 Å². The zero-order valence-corrected chi connectivity index (χ0v) is 14.4. The quantitative estimate of drug-likeness (QED) is 0.867. The number of halogens is 1. The monoisotopic (exact) mass is 343 g/mol. The molecule has 1 N–H and O–H groups in total. The molecule has 1 aliphatic rings. The first-order valence-electron chi connectivity index (χ1n) is 8.45. The van der Waals surface area contributed by atoms with Gasteiger partial charge in [0.25, 0.3) is 0 Å². The van der Waals surface area contributed by atoms with Crippen LogP contribution in [0.25, 0.3) is 0 Å². The van der Waals surface area contributed by atoms with Crippen LogP contribution >= 0.6 is 0 Å². The molecule has 5 nitrogen and oxygen atoms in total. The van der Waals surface area contributed by atoms with Crippen LogP contribution in [0.4, 0.5) is 4.39 Å². The van der Waals surface area contributed by atoms with Crippen molar-refractivity contribution in [3.05, 3.63) is 59.7 Å². The highest BCUT2D eigenvalue weighted by molar-refractivity contribution is 5.97. The Kier molecular flexibility index (Phi) is 4.88. The fourth-order valence-electron chi connectivity index (χ4n) is 3.26. The number of carbonyl (C=O) groups excluding carboxylic acids is 2. The van der Waals surface area contributed by atoms with Crippen LogP contribution < -0.4 is 5.32 Å². The van der Waals surface area contributed by atoms with Crippen LogP contribution in [-0.2, 0) is 16.1 Å². The van der Waals surface area contributed by atoms with E-state index in [1.54, 1.807) is 17.0 Å². The predicted molar refractivity (Wildman–Crippen MR) is 92.3 cm³/mol. The highest BCUT2D eigenvalue weighted by atomic mass is 19.1. The first-order valence-corrected chi connectivity index (χ1v) is 8.45. The second kappa shape index (κ2) is 7.09. The van der Waals surface area contributed by atoms with Gasteiger partial charge >= 0.3 is 0 Å². The van der Waals surface area contributed by atoms with Gasteiger partial charge in [-0.25, -0.2) is 4.39 Å². The number of carbonyl (C=O) groups is 2. The minimum Gasteiger partial charge on any atom is -0.353 e. The maximum atomic E-state index is 13.3. The van der Waals surface area contributed by atoms with Gasteiger partial charge in [0, 0.05) is 31.0 Å². The molecule has 1 atom stereocenters. The summed E-state index contributed by atoms with van der Waals surface area (Å²) in [6.07, 6.45) is 1.79. The minimum absolute atomic E-state index is 0.00761. The van der Waals surface area contributed by atoms with Gasteiger partial charge in [0.1, 0.15) is 12.2 Å². The molecular weight excluding hydrogens is 321 g/mol. The molecule has 2 amide bonds. The third kappa shape index (κ3) is 3.73. The van der Waals surface area contributed by atoms with Crippen molar-refractivity contribution in [2.24, 2.45) is 0 Å². The molecule has 0 saturated carbocycles. The van der Waals surface area contributed by atoms with E-state index in [-0.39, 0.29) is 36.1 Å². The smallest absolute Gasteiger partial charge is 0.232 e. The lowest BCUT2D eigenvalue weighted by Crippen LogP contribution is -2.44. The Hall–Kier alpha value is -2.63. The van der Waals surface area contributed by atoms with E-state index in [0.29, 0.717) is 13.1 Å². The summed E-state index contributed by atoms with van der Waals surface area (Å²) in [5.41, 5.74) is 1.80. The number of nitrogens with one attached hydrogen (secondary N) is 1. The topological polar surface area (TPSA) is 54.3 Å². The summed E-state index contributed by atoms with van der Waals surface area (Å²) in [4.78, 5) is 26.4. The molecule has 0 radical (unpaired) electrons. The highest BCUT2D eigenvalue weighted by Gasteiger charge is 2.32. The van der Waals surface area contributed by atoms with Gasteiger partial charge in [-0.05, 0) is 43.7 Å². The molecule has 0 aliphatic carbocycles. The van der Waals surface area contributed by atoms with Crippen LogP contribution in [0.3, 0.4) is 0 Å². The fraction of sp³-hybridized carbons (Fsp3) is 0.368. The number of amides is 2. The third-order valence-electron chi connectivity index (χ3n) is 4.31. The summed E-state index contributed by atoms with van der Waals surface area (Å²) < 4.78 is 15.4. The maximum absolute atomic E-state index is 13.3. The zero-order chi connectivity index (χ0) is 18.0. The Morgan fingerprint density at radius 3 is 2.60 bits per heavy atom. The van der Waals surface area contributed by atoms with Gasteiger partial charge in [0.15, 0.2) is 0 Å². The normalized spacial score (nSPS) is 16.6. The molecule has 0 spiro atoms. The van der Waals surface area contributed by atoms with Crippen LogP contribution in [0.5, 0.6) is 0 Å². The lowest BCUT2D eigenvalue weighted by Gasteiger charge is -2.37. The summed E-state index contributed by atoms with van der Waals surface area (Å²) >= 11 is 0. The SMILES string of the molecule is CC(C)NC(=O)CC(=O)N1CCn2cccc2C1c1ccc(F)cc1. The standard InChI is InChI=1S/C19H22FN3O2/c1-13(2)21-17(24)12-18(25)23-11-10-22-9-3-4-16(22)19(23)14-5-7-15(20)8-6-14/h3-9,13,19H,10-12H2,1-2H3,(H,21,24). The van der Waals surface area contributed by atoms with Crippen molar-refractivity contribution in [1.29, 1.82) is 0 Å². The number of benzene rings is 1. The third-order valence-corrected chi connectivity index (χ3v) is 4.31. The molecule has 0 bridgehead atoms. The second-order valence-corrected chi connectivity index (χ2v) is 6.57. The molecule has 132 valence electrons. The van der Waals surface area contributed by atoms with Crippen molar-refractivity contribution >= 4 is 11.8 Å². The van der Waals surface area contributed by atoms with Gasteiger partial charge in [-0.3, -0.25) is 9.59 Å². The van der Waals surface area contributed by atoms with Gasteiger partial charge in [0.2, 0.25) is 11.8 Å². The molecule has 2 heterocycles. The molecule has 1 unspecified atom stereocenters. The molecule has 2 aromatic rings. The maximum Gasteiger partial charge on any atom is 0.232 e. The average Bonchev–Trinajstić information content (AvgIpc) is 3.02. The number of rotatable bonds is 4. The molecule has 6 heteroatoms. The van der Waals surface area contributed by atoms with Crippen LogP contribution in [0, 0.1) is 5.82 Å². The summed E-state index contributed by atoms with van der Waals surface area (Å²) in [6.45, 7) is 4.91. The molecular formula is C19H22FN3O2. The summed E-state index contributed by atoms with van der Waals surface area (Å²) in [5.74, 6) is -0.817. The van der Waals surface area contributed by atoms with E-state index < -0.39 is 0 Å². The van der Waals surface area contributed by atoms with E-state index in [0.717, 1.165) is 11.3 Å². The second-order valence-electron chi connectivity index (χ2n) is 6.57. The minimum atomic E-state index is -0.316. The Morgan fingerprint density at radius 2 is 1.92 bits per heavy atom. The van der Waals surface area contributed by atoms with Gasteiger partial charge < -0.3 is 14.8 Å². The van der Waals surface area contributed by atoms with Crippen LogP contribution in [0.15, 0.2) is 42.6 Å². The molecule has 3 rings (SSSR count). The highest BCUT2D eigenvalue weighted by Crippen LogP contribution is 2.32. The first kappa shape index (κ1) is 17.2. The molecule has 0 saturated heterocycles. The lowest BCUT2D eigenvalue weighted by molar-refractivity contribution is -0.138. The molecule has 1 aromatic carbocycles. The Morgan fingerprint density at radius 1 is 1.20 bits per heavy atom. The zero-order valence-electron chi connectivity index (χ0n) is 14.4. The van der Waals surface area contributed by atoms with E-state index in [2.05, 4.69) is 9.88 Å². The van der Waals surface area contributed by atoms with E-state index >= 15 is 0 Å². The van der Waals surface area contributed by atoms with E-state index in [9.17, 15) is 14.0 Å². The number of hydrogen-bond donors (Lipinski definition) is 1. The number of fused-ring (bicyclic) bond motifs is 1. The van der Waals surface area contributed by atoms with E-state index in [4.69, 9.17) is 0 Å². The van der Waals surface area contributed by atoms with Crippen LogP contribution in [-0.4, -0.2) is 33.9 Å². The van der Waals surface area contributed by atoms with Crippen molar-refractivity contribution in [1.82, 2.24) is 14.8 Å². The van der Waals surface area contributed by atoms with Crippen molar-refractivity contribution in [3.63, 3.8) is 0 Å². The molecule has 25 heavy (non-hydrogen) atoms. The largest absolute Gasteiger partial charge is 0.353 e. The van der Waals surface area contributed by atoms with Gasteiger partial charge in [-0.1, -0.05) is 12.1 Å². The van der Waals surface area contributed by atoms with Crippen molar-refractivity contribution < 1.29 is 14.0 Å². The Labute approximate surface area is 146 Å². The van der Waals surface area contributed by atoms with Crippen molar-refractivity contribution in [3.8, 4) is 0 Å². The summed E-state index contributed by atoms with van der Waals surface area (Å²) in [5, 5.41) is 2.75. The molecule has 1 aromatic heterocycles. The Balaban J connectivity index is 1.88.